The number of hydrogen-bond acceptors (Lipinski definition) is 6. The molecule has 1 aromatic carbocycles. The van der Waals surface area contributed by atoms with Crippen molar-refractivity contribution in [2.75, 3.05) is 5.32 Å². The fourth-order valence-electron chi connectivity index (χ4n) is 2.13. The first-order chi connectivity index (χ1) is 15.0. The van der Waals surface area contributed by atoms with Crippen LogP contribution in [-0.2, 0) is 20.8 Å². The third-order valence-corrected chi connectivity index (χ3v) is 4.40. The van der Waals surface area contributed by atoms with E-state index < -0.39 is 18.2 Å². The van der Waals surface area contributed by atoms with Crippen molar-refractivity contribution in [3.8, 4) is 0 Å². The van der Waals surface area contributed by atoms with Gasteiger partial charge in [-0.05, 0) is 25.3 Å². The van der Waals surface area contributed by atoms with Gasteiger partial charge in [0, 0.05) is 23.7 Å². The van der Waals surface area contributed by atoms with Gasteiger partial charge < -0.3 is 16.2 Å². The van der Waals surface area contributed by atoms with Gasteiger partial charge in [0.1, 0.15) is 0 Å². The third kappa shape index (κ3) is 11.2. The molecule has 0 fully saturated rings. The number of rotatable bonds is 8. The minimum Gasteiger partial charge on any atom is -0.475 e. The Morgan fingerprint density at radius 2 is 1.88 bits per heavy atom. The summed E-state index contributed by atoms with van der Waals surface area (Å²) in [7, 11) is 0. The van der Waals surface area contributed by atoms with E-state index in [2.05, 4.69) is 15.6 Å². The normalized spacial score (nSPS) is 12.9. The van der Waals surface area contributed by atoms with Crippen LogP contribution in [0.25, 0.3) is 0 Å². The number of anilines is 1. The minimum absolute atomic E-state index is 0.247. The first kappa shape index (κ1) is 26.8. The highest BCUT2D eigenvalue weighted by atomic mass is 32.1. The van der Waals surface area contributed by atoms with E-state index in [0.29, 0.717) is 11.6 Å². The van der Waals surface area contributed by atoms with Crippen LogP contribution in [0, 0.1) is 0 Å². The maximum absolute atomic E-state index is 11.9. The van der Waals surface area contributed by atoms with Gasteiger partial charge in [-0.15, -0.1) is 11.3 Å². The fourth-order valence-corrected chi connectivity index (χ4v) is 2.67. The Kier molecular flexibility index (Phi) is 11.1. The van der Waals surface area contributed by atoms with Crippen molar-refractivity contribution >= 4 is 34.3 Å². The summed E-state index contributed by atoms with van der Waals surface area (Å²) in [4.78, 5) is 36.7. The number of halogens is 3. The molecule has 2 aromatic rings. The van der Waals surface area contributed by atoms with E-state index in [1.54, 1.807) is 24.6 Å². The Morgan fingerprint density at radius 1 is 1.25 bits per heavy atom. The molecular weight excluding hydrogens is 449 g/mol. The molecule has 8 nitrogen and oxygen atoms in total. The highest BCUT2D eigenvalue weighted by Gasteiger charge is 2.38. The van der Waals surface area contributed by atoms with Crippen molar-refractivity contribution in [1.29, 1.82) is 0 Å². The lowest BCUT2D eigenvalue weighted by Gasteiger charge is -2.16. The summed E-state index contributed by atoms with van der Waals surface area (Å²) in [5.74, 6) is -3.29. The summed E-state index contributed by atoms with van der Waals surface area (Å²) < 4.78 is 31.7. The average molecular weight is 472 g/mol. The maximum atomic E-state index is 11.9. The van der Waals surface area contributed by atoms with E-state index in [1.807, 2.05) is 30.3 Å². The molecule has 1 aromatic heterocycles. The van der Waals surface area contributed by atoms with Crippen molar-refractivity contribution < 1.29 is 32.7 Å². The number of aryl methyl sites for hydroxylation is 1. The molecule has 0 spiro atoms. The molecule has 1 heterocycles. The van der Waals surface area contributed by atoms with Crippen molar-refractivity contribution in [1.82, 2.24) is 10.3 Å². The molecule has 0 bridgehead atoms. The molecule has 2 atom stereocenters. The Hall–Kier alpha value is -3.25. The van der Waals surface area contributed by atoms with Crippen molar-refractivity contribution in [3.63, 3.8) is 0 Å². The molecule has 2 rings (SSSR count). The van der Waals surface area contributed by atoms with Gasteiger partial charge >= 0.3 is 12.1 Å². The van der Waals surface area contributed by atoms with Crippen molar-refractivity contribution in [2.24, 2.45) is 5.73 Å². The molecule has 0 saturated carbocycles. The molecule has 2 amide bonds. The number of nitrogens with one attached hydrogen (secondary N) is 2. The topological polar surface area (TPSA) is 134 Å². The van der Waals surface area contributed by atoms with Gasteiger partial charge in [-0.25, -0.2) is 9.78 Å². The first-order valence-corrected chi connectivity index (χ1v) is 10.2. The summed E-state index contributed by atoms with van der Waals surface area (Å²) in [6.07, 6.45) is 1.09. The summed E-state index contributed by atoms with van der Waals surface area (Å²) in [5, 5.41) is 15.0. The Labute approximate surface area is 186 Å². The van der Waals surface area contributed by atoms with Crippen LogP contribution in [0.5, 0.6) is 0 Å². The molecule has 0 unspecified atom stereocenters. The highest BCUT2D eigenvalue weighted by Crippen LogP contribution is 2.13. The number of amides is 2. The van der Waals surface area contributed by atoms with E-state index in [-0.39, 0.29) is 17.9 Å². The maximum Gasteiger partial charge on any atom is 0.490 e. The quantitative estimate of drug-likeness (QED) is 0.437. The second kappa shape index (κ2) is 13.2. The summed E-state index contributed by atoms with van der Waals surface area (Å²) >= 11 is 1.34. The van der Waals surface area contributed by atoms with Gasteiger partial charge in [0.25, 0.3) is 0 Å². The van der Waals surface area contributed by atoms with Gasteiger partial charge in [0.15, 0.2) is 5.13 Å². The second-order valence-corrected chi connectivity index (χ2v) is 7.31. The summed E-state index contributed by atoms with van der Waals surface area (Å²) in [6, 6.07) is 9.09. The van der Waals surface area contributed by atoms with Crippen LogP contribution < -0.4 is 16.4 Å². The smallest absolute Gasteiger partial charge is 0.475 e. The molecule has 174 valence electrons. The average Bonchev–Trinajstić information content (AvgIpc) is 3.23. The van der Waals surface area contributed by atoms with Crippen LogP contribution in [0.15, 0.2) is 54.1 Å². The Balaban J connectivity index is 0.000000633. The zero-order chi connectivity index (χ0) is 24.1. The molecule has 12 heteroatoms. The molecule has 5 N–H and O–H groups in total. The number of carboxylic acid groups (broad SMARTS) is 1. The summed E-state index contributed by atoms with van der Waals surface area (Å²) in [5.41, 5.74) is 6.79. The van der Waals surface area contributed by atoms with E-state index in [1.165, 1.54) is 23.0 Å². The number of nitrogens with zero attached hydrogens (tertiary/aromatic N) is 1. The Morgan fingerprint density at radius 3 is 2.38 bits per heavy atom. The minimum atomic E-state index is -5.08. The van der Waals surface area contributed by atoms with Crippen LogP contribution in [0.1, 0.15) is 18.9 Å². The second-order valence-electron chi connectivity index (χ2n) is 6.42. The van der Waals surface area contributed by atoms with Crippen LogP contribution in [0.3, 0.4) is 0 Å². The predicted molar refractivity (Wildman–Crippen MR) is 114 cm³/mol. The number of carbonyl (C=O) groups excluding carboxylic acids is 2. The van der Waals surface area contributed by atoms with Gasteiger partial charge in [-0.2, -0.15) is 13.2 Å². The molecular formula is C20H23F3N4O4S. The van der Waals surface area contributed by atoms with E-state index >= 15 is 0 Å². The van der Waals surface area contributed by atoms with Crippen LogP contribution >= 0.6 is 11.3 Å². The molecule has 32 heavy (non-hydrogen) atoms. The number of thiazole rings is 1. The SMILES string of the molecule is C[C@H](N)C(=O)N[C@H](C=CC(=O)Nc1nccs1)CCc1ccccc1.O=C(O)C(F)(F)F. The number of carbonyl (C=O) groups is 3. The lowest BCUT2D eigenvalue weighted by molar-refractivity contribution is -0.192. The van der Waals surface area contributed by atoms with Crippen molar-refractivity contribution in [3.05, 3.63) is 59.6 Å². The molecule has 0 aliphatic heterocycles. The third-order valence-electron chi connectivity index (χ3n) is 3.71. The van der Waals surface area contributed by atoms with Gasteiger partial charge in [-0.3, -0.25) is 14.9 Å². The van der Waals surface area contributed by atoms with Gasteiger partial charge in [0.05, 0.1) is 6.04 Å². The summed E-state index contributed by atoms with van der Waals surface area (Å²) in [6.45, 7) is 1.63. The molecule has 0 saturated heterocycles. The van der Waals surface area contributed by atoms with Crippen molar-refractivity contribution in [2.45, 2.75) is 38.0 Å². The number of aromatic nitrogens is 1. The van der Waals surface area contributed by atoms with E-state index in [4.69, 9.17) is 15.6 Å². The largest absolute Gasteiger partial charge is 0.490 e. The number of nitrogens with two attached hydrogens (primary N) is 1. The number of carboxylic acids is 1. The van der Waals surface area contributed by atoms with Crippen LogP contribution in [-0.4, -0.2) is 46.1 Å². The van der Waals surface area contributed by atoms with Crippen LogP contribution in [0.2, 0.25) is 0 Å². The lowest BCUT2D eigenvalue weighted by atomic mass is 10.0. The van der Waals surface area contributed by atoms with Crippen LogP contribution in [0.4, 0.5) is 18.3 Å². The fraction of sp³-hybridized carbons (Fsp3) is 0.300. The number of aliphatic carboxylic acids is 1. The lowest BCUT2D eigenvalue weighted by Crippen LogP contribution is -2.43. The van der Waals surface area contributed by atoms with E-state index in [9.17, 15) is 22.8 Å². The standard InChI is InChI=1S/C18H22N4O2S.C2HF3O2/c1-13(19)17(24)21-15(8-7-14-5-3-2-4-6-14)9-10-16(23)22-18-20-11-12-25-18;3-2(4,5)1(6)7/h2-6,9-13,15H,7-8,19H2,1H3,(H,21,24)(H,20,22,23);(H,6,7)/t13-,15-;/m0./s1. The number of hydrogen-bond donors (Lipinski definition) is 4. The predicted octanol–water partition coefficient (Wildman–Crippen LogP) is 2.74. The zero-order valence-corrected chi connectivity index (χ0v) is 17.8. The van der Waals surface area contributed by atoms with Gasteiger partial charge in [0.2, 0.25) is 11.8 Å². The molecule has 0 radical (unpaired) electrons. The zero-order valence-electron chi connectivity index (χ0n) is 17.0. The van der Waals surface area contributed by atoms with E-state index in [0.717, 1.165) is 6.42 Å². The highest BCUT2D eigenvalue weighted by molar-refractivity contribution is 7.13. The number of benzene rings is 1. The number of alkyl halides is 3. The van der Waals surface area contributed by atoms with Gasteiger partial charge in [-0.1, -0.05) is 36.4 Å². The monoisotopic (exact) mass is 472 g/mol. The molecule has 0 aliphatic carbocycles. The Bertz CT molecular complexity index is 888. The molecule has 0 aliphatic rings. The first-order valence-electron chi connectivity index (χ1n) is 9.27.